The highest BCUT2D eigenvalue weighted by Crippen LogP contribution is 2.23. The highest BCUT2D eigenvalue weighted by atomic mass is 16.5. The first kappa shape index (κ1) is 15.0. The number of nitrogens with zero attached hydrogens (tertiary/aromatic N) is 2. The molecule has 5 heteroatoms. The van der Waals surface area contributed by atoms with Crippen LogP contribution in [0, 0.1) is 0 Å². The van der Waals surface area contributed by atoms with Crippen LogP contribution in [-0.2, 0) is 6.54 Å². The number of hydrazine groups is 1. The Morgan fingerprint density at radius 3 is 2.74 bits per heavy atom. The maximum absolute atomic E-state index is 12.6. The Kier molecular flexibility index (Phi) is 4.19. The largest absolute Gasteiger partial charge is 0.496 e. The molecular formula is C18H19N3O2. The lowest BCUT2D eigenvalue weighted by Crippen LogP contribution is -2.41. The van der Waals surface area contributed by atoms with Gasteiger partial charge in [0.05, 0.1) is 19.3 Å². The first-order valence-corrected chi connectivity index (χ1v) is 7.39. The number of ether oxygens (including phenoxy) is 1. The van der Waals surface area contributed by atoms with Gasteiger partial charge in [-0.25, -0.2) is 9.80 Å². The Labute approximate surface area is 135 Å². The SMILES string of the molecule is COc1ccccc1CN(C)C(=O)N1C=Cc2ccccc2N1. The van der Waals surface area contributed by atoms with Crippen molar-refractivity contribution in [3.63, 3.8) is 0 Å². The number of benzene rings is 2. The van der Waals surface area contributed by atoms with Crippen LogP contribution < -0.4 is 10.2 Å². The van der Waals surface area contributed by atoms with Gasteiger partial charge in [-0.3, -0.25) is 5.43 Å². The Balaban J connectivity index is 1.71. The summed E-state index contributed by atoms with van der Waals surface area (Å²) < 4.78 is 5.34. The average Bonchev–Trinajstić information content (AvgIpc) is 2.61. The second kappa shape index (κ2) is 6.44. The lowest BCUT2D eigenvalue weighted by molar-refractivity contribution is 0.184. The zero-order valence-electron chi connectivity index (χ0n) is 13.2. The summed E-state index contributed by atoms with van der Waals surface area (Å²) in [6, 6.07) is 15.4. The minimum Gasteiger partial charge on any atom is -0.496 e. The molecule has 1 aliphatic heterocycles. The minimum absolute atomic E-state index is 0.137. The summed E-state index contributed by atoms with van der Waals surface area (Å²) in [6.45, 7) is 0.469. The van der Waals surface area contributed by atoms with Crippen LogP contribution in [0.15, 0.2) is 54.7 Å². The van der Waals surface area contributed by atoms with Crippen molar-refractivity contribution in [3.8, 4) is 5.75 Å². The number of methoxy groups -OCH3 is 1. The number of urea groups is 1. The van der Waals surface area contributed by atoms with Crippen LogP contribution in [0.5, 0.6) is 5.75 Å². The molecule has 1 aliphatic rings. The molecule has 23 heavy (non-hydrogen) atoms. The molecule has 0 fully saturated rings. The summed E-state index contributed by atoms with van der Waals surface area (Å²) in [5.41, 5.74) is 6.05. The van der Waals surface area contributed by atoms with E-state index in [1.165, 1.54) is 5.01 Å². The van der Waals surface area contributed by atoms with Gasteiger partial charge in [-0.2, -0.15) is 0 Å². The van der Waals surface area contributed by atoms with Gasteiger partial charge >= 0.3 is 6.03 Å². The fourth-order valence-electron chi connectivity index (χ4n) is 2.52. The van der Waals surface area contributed by atoms with Gasteiger partial charge in [0.2, 0.25) is 0 Å². The number of rotatable bonds is 3. The van der Waals surface area contributed by atoms with Gasteiger partial charge in [0.25, 0.3) is 0 Å². The number of nitrogens with one attached hydrogen (secondary N) is 1. The molecular weight excluding hydrogens is 290 g/mol. The first-order valence-electron chi connectivity index (χ1n) is 7.39. The normalized spacial score (nSPS) is 12.3. The Morgan fingerprint density at radius 1 is 1.17 bits per heavy atom. The predicted octanol–water partition coefficient (Wildman–Crippen LogP) is 3.56. The van der Waals surface area contributed by atoms with Gasteiger partial charge in [-0.05, 0) is 18.2 Å². The molecule has 0 aromatic heterocycles. The quantitative estimate of drug-likeness (QED) is 0.943. The van der Waals surface area contributed by atoms with E-state index in [1.54, 1.807) is 25.3 Å². The molecule has 2 amide bonds. The van der Waals surface area contributed by atoms with Crippen LogP contribution in [0.25, 0.3) is 6.08 Å². The molecule has 3 rings (SSSR count). The van der Waals surface area contributed by atoms with Crippen molar-refractivity contribution >= 4 is 17.8 Å². The smallest absolute Gasteiger partial charge is 0.342 e. The zero-order chi connectivity index (χ0) is 16.2. The topological polar surface area (TPSA) is 44.8 Å². The molecule has 0 atom stereocenters. The lowest BCUT2D eigenvalue weighted by Gasteiger charge is -2.29. The number of para-hydroxylation sites is 2. The van der Waals surface area contributed by atoms with Crippen molar-refractivity contribution in [2.45, 2.75) is 6.54 Å². The van der Waals surface area contributed by atoms with E-state index < -0.39 is 0 Å². The van der Waals surface area contributed by atoms with E-state index in [-0.39, 0.29) is 6.03 Å². The predicted molar refractivity (Wildman–Crippen MR) is 90.8 cm³/mol. The molecule has 0 radical (unpaired) electrons. The van der Waals surface area contributed by atoms with Gasteiger partial charge < -0.3 is 9.64 Å². The number of carbonyl (C=O) groups excluding carboxylic acids is 1. The van der Waals surface area contributed by atoms with Gasteiger partial charge in [-0.1, -0.05) is 36.4 Å². The molecule has 0 saturated carbocycles. The van der Waals surface area contributed by atoms with E-state index in [2.05, 4.69) is 5.43 Å². The summed E-state index contributed by atoms with van der Waals surface area (Å²) in [5, 5.41) is 1.48. The van der Waals surface area contributed by atoms with Crippen LogP contribution in [0.2, 0.25) is 0 Å². The Hall–Kier alpha value is -2.95. The number of amides is 2. The summed E-state index contributed by atoms with van der Waals surface area (Å²) in [5.74, 6) is 0.777. The van der Waals surface area contributed by atoms with Crippen molar-refractivity contribution in [3.05, 3.63) is 65.9 Å². The fourth-order valence-corrected chi connectivity index (χ4v) is 2.52. The van der Waals surface area contributed by atoms with Gasteiger partial charge in [0.1, 0.15) is 5.75 Å². The lowest BCUT2D eigenvalue weighted by atomic mass is 10.1. The standard InChI is InChI=1S/C18H19N3O2/c1-20(13-15-8-4-6-10-17(15)23-2)18(22)21-12-11-14-7-3-5-9-16(14)19-21/h3-12,19H,13H2,1-2H3. The first-order chi connectivity index (χ1) is 11.2. The van der Waals surface area contributed by atoms with Crippen molar-refractivity contribution < 1.29 is 9.53 Å². The van der Waals surface area contributed by atoms with Crippen LogP contribution in [0.4, 0.5) is 10.5 Å². The van der Waals surface area contributed by atoms with Gasteiger partial charge in [-0.15, -0.1) is 0 Å². The molecule has 1 N–H and O–H groups in total. The van der Waals surface area contributed by atoms with Crippen molar-refractivity contribution in [1.29, 1.82) is 0 Å². The molecule has 0 aliphatic carbocycles. The highest BCUT2D eigenvalue weighted by Gasteiger charge is 2.20. The number of hydrogen-bond donors (Lipinski definition) is 1. The minimum atomic E-state index is -0.137. The third-order valence-electron chi connectivity index (χ3n) is 3.74. The summed E-state index contributed by atoms with van der Waals surface area (Å²) in [7, 11) is 3.40. The Bertz CT molecular complexity index is 743. The van der Waals surface area contributed by atoms with Crippen molar-refractivity contribution in [1.82, 2.24) is 9.91 Å². The van der Waals surface area contributed by atoms with Crippen molar-refractivity contribution in [2.24, 2.45) is 0 Å². The molecule has 5 nitrogen and oxygen atoms in total. The molecule has 0 saturated heterocycles. The maximum Gasteiger partial charge on any atom is 0.342 e. The molecule has 0 bridgehead atoms. The van der Waals surface area contributed by atoms with E-state index in [0.717, 1.165) is 22.6 Å². The number of hydrogen-bond acceptors (Lipinski definition) is 3. The second-order valence-electron chi connectivity index (χ2n) is 5.34. The monoisotopic (exact) mass is 309 g/mol. The van der Waals surface area contributed by atoms with E-state index in [9.17, 15) is 4.79 Å². The van der Waals surface area contributed by atoms with E-state index in [4.69, 9.17) is 4.74 Å². The molecule has 0 spiro atoms. The van der Waals surface area contributed by atoms with Crippen LogP contribution in [0.3, 0.4) is 0 Å². The number of anilines is 1. The summed E-state index contributed by atoms with van der Waals surface area (Å²) >= 11 is 0. The van der Waals surface area contributed by atoms with E-state index >= 15 is 0 Å². The molecule has 118 valence electrons. The second-order valence-corrected chi connectivity index (χ2v) is 5.34. The van der Waals surface area contributed by atoms with E-state index in [1.807, 2.05) is 54.6 Å². The summed E-state index contributed by atoms with van der Waals surface area (Å²) in [4.78, 5) is 14.3. The van der Waals surface area contributed by atoms with Crippen LogP contribution >= 0.6 is 0 Å². The molecule has 0 unspecified atom stereocenters. The highest BCUT2D eigenvalue weighted by molar-refractivity contribution is 5.81. The molecule has 2 aromatic carbocycles. The molecule has 1 heterocycles. The van der Waals surface area contributed by atoms with Crippen LogP contribution in [0.1, 0.15) is 11.1 Å². The van der Waals surface area contributed by atoms with Crippen LogP contribution in [-0.4, -0.2) is 30.1 Å². The average molecular weight is 309 g/mol. The maximum atomic E-state index is 12.6. The fraction of sp³-hybridized carbons (Fsp3) is 0.167. The molecule has 2 aromatic rings. The third kappa shape index (κ3) is 3.13. The number of carbonyl (C=O) groups is 1. The summed E-state index contributed by atoms with van der Waals surface area (Å²) in [6.07, 6.45) is 3.66. The van der Waals surface area contributed by atoms with Crippen molar-refractivity contribution in [2.75, 3.05) is 19.6 Å². The third-order valence-corrected chi connectivity index (χ3v) is 3.74. The zero-order valence-corrected chi connectivity index (χ0v) is 13.2. The van der Waals surface area contributed by atoms with Gasteiger partial charge in [0.15, 0.2) is 0 Å². The van der Waals surface area contributed by atoms with Gasteiger partial charge in [0, 0.05) is 24.4 Å². The Morgan fingerprint density at radius 2 is 1.91 bits per heavy atom. The van der Waals surface area contributed by atoms with E-state index in [0.29, 0.717) is 6.54 Å². The number of fused-ring (bicyclic) bond motifs is 1.